The Balaban J connectivity index is 2.26. The van der Waals surface area contributed by atoms with Crippen molar-refractivity contribution in [2.45, 2.75) is 87.1 Å². The summed E-state index contributed by atoms with van der Waals surface area (Å²) in [5.74, 6) is -9.93. The molecule has 172 valence electrons. The van der Waals surface area contributed by atoms with Crippen molar-refractivity contribution in [2.75, 3.05) is 13.1 Å². The van der Waals surface area contributed by atoms with Crippen LogP contribution in [-0.2, 0) is 4.74 Å². The zero-order valence-electron chi connectivity index (χ0n) is 15.0. The van der Waals surface area contributed by atoms with E-state index in [9.17, 15) is 48.3 Å². The van der Waals surface area contributed by atoms with Crippen LogP contribution in [0.15, 0.2) is 0 Å². The molecule has 2 aliphatic rings. The number of ether oxygens (including phenoxy) is 1. The lowest BCUT2D eigenvalue weighted by Crippen LogP contribution is -2.64. The van der Waals surface area contributed by atoms with E-state index in [-0.39, 0.29) is 25.9 Å². The minimum atomic E-state index is -5.98. The van der Waals surface area contributed by atoms with E-state index in [0.29, 0.717) is 11.3 Å². The molecule has 2 rings (SSSR count). The van der Waals surface area contributed by atoms with Gasteiger partial charge in [0.1, 0.15) is 12.2 Å². The number of hydrogen-bond donors (Lipinski definition) is 0. The fourth-order valence-corrected chi connectivity index (χ4v) is 3.79. The first-order valence-electron chi connectivity index (χ1n) is 9.02. The third kappa shape index (κ3) is 5.26. The maximum Gasteiger partial charge on any atom is 0.425 e. The maximum atomic E-state index is 14.8. The molecule has 0 saturated carbocycles. The van der Waals surface area contributed by atoms with Crippen molar-refractivity contribution < 1.29 is 53.0 Å². The summed E-state index contributed by atoms with van der Waals surface area (Å²) in [5.41, 5.74) is 0. The van der Waals surface area contributed by atoms with E-state index in [2.05, 4.69) is 4.74 Å². The largest absolute Gasteiger partial charge is 0.425 e. The molecule has 4 atom stereocenters. The van der Waals surface area contributed by atoms with Gasteiger partial charge in [0.25, 0.3) is 12.1 Å². The molecular weight excluding hydrogens is 431 g/mol. The lowest BCUT2D eigenvalue weighted by atomic mass is 9.90. The van der Waals surface area contributed by atoms with Crippen LogP contribution in [-0.4, -0.2) is 66.6 Å². The summed E-state index contributed by atoms with van der Waals surface area (Å²) in [7, 11) is 0. The number of nitrogens with zero attached hydrogens (tertiary/aromatic N) is 1. The topological polar surface area (TPSA) is 12.5 Å². The summed E-state index contributed by atoms with van der Waals surface area (Å²) >= 11 is 0. The molecule has 2 nitrogen and oxygen atoms in total. The van der Waals surface area contributed by atoms with E-state index in [1.54, 1.807) is 0 Å². The van der Waals surface area contributed by atoms with Crippen molar-refractivity contribution >= 4 is 0 Å². The Morgan fingerprint density at radius 3 is 1.59 bits per heavy atom. The molecule has 0 radical (unpaired) electrons. The lowest BCUT2D eigenvalue weighted by Gasteiger charge is -2.45. The highest BCUT2D eigenvalue weighted by Crippen LogP contribution is 2.47. The first-order chi connectivity index (χ1) is 13.1. The Labute approximate surface area is 159 Å². The summed E-state index contributed by atoms with van der Waals surface area (Å²) in [6, 6.07) is -3.34. The van der Waals surface area contributed by atoms with Crippen LogP contribution in [0.2, 0.25) is 0 Å². The molecule has 0 bridgehead atoms. The Hall–Kier alpha value is -0.850. The van der Waals surface area contributed by atoms with Gasteiger partial charge in [-0.25, -0.2) is 22.0 Å². The standard InChI is InChI=1S/C16H20F11NO/c17-11(15(22,23)24)13(18,19)9-5-4-6-10(29-9)14(20,21)12(16(25,26)27)28-7-2-1-3-8-28/h9-12H,1-8H2. The van der Waals surface area contributed by atoms with Gasteiger partial charge in [-0.2, -0.15) is 26.3 Å². The summed E-state index contributed by atoms with van der Waals surface area (Å²) in [6.45, 7) is -0.598. The zero-order valence-corrected chi connectivity index (χ0v) is 15.0. The van der Waals surface area contributed by atoms with Crippen LogP contribution in [0.3, 0.4) is 0 Å². The normalized spacial score (nSPS) is 28.2. The molecule has 0 N–H and O–H groups in total. The Morgan fingerprint density at radius 1 is 0.655 bits per heavy atom. The van der Waals surface area contributed by atoms with Gasteiger partial charge < -0.3 is 4.74 Å². The highest BCUT2D eigenvalue weighted by atomic mass is 19.4. The minimum absolute atomic E-state index is 0.226. The second-order valence-electron chi connectivity index (χ2n) is 7.34. The molecule has 4 unspecified atom stereocenters. The van der Waals surface area contributed by atoms with E-state index in [4.69, 9.17) is 0 Å². The van der Waals surface area contributed by atoms with E-state index in [0.717, 1.165) is 0 Å². The molecule has 2 saturated heterocycles. The fraction of sp³-hybridized carbons (Fsp3) is 1.00. The Morgan fingerprint density at radius 2 is 1.14 bits per heavy atom. The van der Waals surface area contributed by atoms with E-state index in [1.165, 1.54) is 0 Å². The maximum absolute atomic E-state index is 14.8. The van der Waals surface area contributed by atoms with Crippen LogP contribution in [0.5, 0.6) is 0 Å². The van der Waals surface area contributed by atoms with Crippen LogP contribution in [0, 0.1) is 0 Å². The fourth-order valence-electron chi connectivity index (χ4n) is 3.79. The quantitative estimate of drug-likeness (QED) is 0.511. The lowest BCUT2D eigenvalue weighted by molar-refractivity contribution is -0.317. The third-order valence-electron chi connectivity index (χ3n) is 5.18. The predicted molar refractivity (Wildman–Crippen MR) is 78.6 cm³/mol. The van der Waals surface area contributed by atoms with Crippen molar-refractivity contribution in [3.63, 3.8) is 0 Å². The molecule has 2 aliphatic heterocycles. The van der Waals surface area contributed by atoms with Crippen molar-refractivity contribution in [3.8, 4) is 0 Å². The molecule has 0 aromatic carbocycles. The van der Waals surface area contributed by atoms with Gasteiger partial charge in [-0.3, -0.25) is 4.90 Å². The smallest absolute Gasteiger partial charge is 0.362 e. The molecule has 0 aliphatic carbocycles. The average Bonchev–Trinajstić information content (AvgIpc) is 2.60. The number of likely N-dealkylation sites (tertiary alicyclic amines) is 1. The van der Waals surface area contributed by atoms with Gasteiger partial charge in [0.15, 0.2) is 6.04 Å². The van der Waals surface area contributed by atoms with Crippen LogP contribution in [0.4, 0.5) is 48.3 Å². The third-order valence-corrected chi connectivity index (χ3v) is 5.18. The van der Waals surface area contributed by atoms with Gasteiger partial charge in [0, 0.05) is 0 Å². The van der Waals surface area contributed by atoms with Gasteiger partial charge in [0.05, 0.1) is 0 Å². The van der Waals surface area contributed by atoms with E-state index >= 15 is 0 Å². The predicted octanol–water partition coefficient (Wildman–Crippen LogP) is 5.51. The first kappa shape index (κ1) is 24.4. The summed E-state index contributed by atoms with van der Waals surface area (Å²) in [6.07, 6.45) is -23.0. The van der Waals surface area contributed by atoms with E-state index in [1.807, 2.05) is 0 Å². The second-order valence-corrected chi connectivity index (χ2v) is 7.34. The van der Waals surface area contributed by atoms with Crippen molar-refractivity contribution in [2.24, 2.45) is 0 Å². The van der Waals surface area contributed by atoms with Gasteiger partial charge in [-0.15, -0.1) is 0 Å². The van der Waals surface area contributed by atoms with E-state index < -0.39 is 67.9 Å². The minimum Gasteiger partial charge on any atom is -0.362 e. The van der Waals surface area contributed by atoms with Gasteiger partial charge in [0.2, 0.25) is 0 Å². The van der Waals surface area contributed by atoms with Crippen molar-refractivity contribution in [1.82, 2.24) is 4.90 Å². The van der Waals surface area contributed by atoms with Crippen LogP contribution in [0.1, 0.15) is 38.5 Å². The Bertz CT molecular complexity index is 542. The first-order valence-corrected chi connectivity index (χ1v) is 9.02. The van der Waals surface area contributed by atoms with Gasteiger partial charge >= 0.3 is 18.3 Å². The zero-order chi connectivity index (χ0) is 22.3. The Kier molecular flexibility index (Phi) is 7.03. The van der Waals surface area contributed by atoms with Crippen LogP contribution >= 0.6 is 0 Å². The number of halogens is 11. The number of piperidine rings is 1. The van der Waals surface area contributed by atoms with Crippen molar-refractivity contribution in [1.29, 1.82) is 0 Å². The van der Waals surface area contributed by atoms with Gasteiger partial charge in [-0.05, 0) is 45.2 Å². The highest BCUT2D eigenvalue weighted by Gasteiger charge is 2.66. The van der Waals surface area contributed by atoms with Crippen LogP contribution < -0.4 is 0 Å². The molecule has 0 aromatic heterocycles. The molecule has 13 heteroatoms. The number of hydrogen-bond acceptors (Lipinski definition) is 2. The number of alkyl halides is 11. The molecule has 29 heavy (non-hydrogen) atoms. The summed E-state index contributed by atoms with van der Waals surface area (Å²) in [4.78, 5) is 0.488. The molecule has 2 heterocycles. The molecule has 0 aromatic rings. The highest BCUT2D eigenvalue weighted by molar-refractivity contribution is 5.00. The monoisotopic (exact) mass is 451 g/mol. The molecule has 0 amide bonds. The van der Waals surface area contributed by atoms with Crippen molar-refractivity contribution in [3.05, 3.63) is 0 Å². The molecular formula is C16H20F11NO. The molecule has 0 spiro atoms. The van der Waals surface area contributed by atoms with Gasteiger partial charge in [-0.1, -0.05) is 6.42 Å². The van der Waals surface area contributed by atoms with Crippen LogP contribution in [0.25, 0.3) is 0 Å². The second kappa shape index (κ2) is 8.35. The molecule has 2 fully saturated rings. The number of rotatable bonds is 5. The summed E-state index contributed by atoms with van der Waals surface area (Å²) in [5, 5.41) is 0. The average molecular weight is 451 g/mol. The SMILES string of the molecule is FC(C(F)(F)F)C(F)(F)C1CCCC(C(F)(F)C(N2CCCCC2)C(F)(F)F)O1. The summed E-state index contributed by atoms with van der Waals surface area (Å²) < 4.78 is 152.